The predicted molar refractivity (Wildman–Crippen MR) is 81.2 cm³/mol. The summed E-state index contributed by atoms with van der Waals surface area (Å²) in [5.41, 5.74) is 3.23. The van der Waals surface area contributed by atoms with E-state index in [1.807, 2.05) is 45.9 Å². The first-order chi connectivity index (χ1) is 10.0. The van der Waals surface area contributed by atoms with E-state index in [-0.39, 0.29) is 18.1 Å². The fraction of sp³-hybridized carbons (Fsp3) is 0.312. The number of aromatic carboxylic acids is 1. The van der Waals surface area contributed by atoms with E-state index in [2.05, 4.69) is 9.97 Å². The molecule has 0 spiro atoms. The number of carbonyl (C=O) groups is 1. The lowest BCUT2D eigenvalue weighted by Gasteiger charge is -2.11. The standard InChI is InChI=1S/C14H14N2O3.C2H6/c1-8-4-3-5-10(9(8)2)11-6-15-12(7-17)16-13(11)14(18)19;1-2/h3-6,17H,7H2,1-2H3,(H,18,19);1-2H3. The summed E-state index contributed by atoms with van der Waals surface area (Å²) in [4.78, 5) is 19.1. The van der Waals surface area contributed by atoms with Crippen molar-refractivity contribution in [2.75, 3.05) is 0 Å². The molecule has 2 rings (SSSR count). The van der Waals surface area contributed by atoms with Gasteiger partial charge in [0.1, 0.15) is 6.61 Å². The van der Waals surface area contributed by atoms with Crippen LogP contribution in [0.1, 0.15) is 41.3 Å². The maximum atomic E-state index is 11.3. The fourth-order valence-electron chi connectivity index (χ4n) is 1.90. The number of aliphatic hydroxyl groups excluding tert-OH is 1. The van der Waals surface area contributed by atoms with E-state index in [9.17, 15) is 9.90 Å². The van der Waals surface area contributed by atoms with Crippen molar-refractivity contribution >= 4 is 5.97 Å². The van der Waals surface area contributed by atoms with E-state index in [1.54, 1.807) is 0 Å². The first-order valence-corrected chi connectivity index (χ1v) is 6.81. The fourth-order valence-corrected chi connectivity index (χ4v) is 1.90. The summed E-state index contributed by atoms with van der Waals surface area (Å²) in [6, 6.07) is 5.66. The quantitative estimate of drug-likeness (QED) is 0.907. The minimum absolute atomic E-state index is 0.0900. The van der Waals surface area contributed by atoms with E-state index in [4.69, 9.17) is 5.11 Å². The summed E-state index contributed by atoms with van der Waals surface area (Å²) in [5, 5.41) is 18.2. The highest BCUT2D eigenvalue weighted by molar-refractivity contribution is 5.94. The van der Waals surface area contributed by atoms with E-state index in [0.717, 1.165) is 16.7 Å². The summed E-state index contributed by atoms with van der Waals surface area (Å²) in [7, 11) is 0. The first-order valence-electron chi connectivity index (χ1n) is 6.81. The molecule has 0 bridgehead atoms. The number of aliphatic hydroxyl groups is 1. The molecule has 0 atom stereocenters. The Kier molecular flexibility index (Phi) is 5.99. The van der Waals surface area contributed by atoms with Crippen molar-refractivity contribution in [2.24, 2.45) is 0 Å². The van der Waals surface area contributed by atoms with Crippen LogP contribution in [0.4, 0.5) is 0 Å². The summed E-state index contributed by atoms with van der Waals surface area (Å²) >= 11 is 0. The van der Waals surface area contributed by atoms with Crippen LogP contribution in [0.3, 0.4) is 0 Å². The summed E-state index contributed by atoms with van der Waals surface area (Å²) in [6.45, 7) is 7.51. The Balaban J connectivity index is 0.00000106. The lowest BCUT2D eigenvalue weighted by Crippen LogP contribution is -2.08. The summed E-state index contributed by atoms with van der Waals surface area (Å²) < 4.78 is 0. The molecule has 2 aromatic rings. The maximum absolute atomic E-state index is 11.3. The van der Waals surface area contributed by atoms with Gasteiger partial charge in [-0.05, 0) is 30.5 Å². The molecule has 0 amide bonds. The van der Waals surface area contributed by atoms with Gasteiger partial charge in [-0.25, -0.2) is 14.8 Å². The molecule has 5 nitrogen and oxygen atoms in total. The van der Waals surface area contributed by atoms with Gasteiger partial charge in [0.05, 0.1) is 0 Å². The third-order valence-electron chi connectivity index (χ3n) is 3.08. The van der Waals surface area contributed by atoms with Crippen LogP contribution < -0.4 is 0 Å². The molecule has 0 saturated carbocycles. The van der Waals surface area contributed by atoms with Gasteiger partial charge in [-0.15, -0.1) is 0 Å². The smallest absolute Gasteiger partial charge is 0.355 e. The van der Waals surface area contributed by atoms with Gasteiger partial charge in [-0.2, -0.15) is 0 Å². The Morgan fingerprint density at radius 3 is 2.43 bits per heavy atom. The van der Waals surface area contributed by atoms with Crippen LogP contribution in [-0.4, -0.2) is 26.2 Å². The number of nitrogens with zero attached hydrogens (tertiary/aromatic N) is 2. The zero-order chi connectivity index (χ0) is 16.0. The second-order valence-corrected chi connectivity index (χ2v) is 4.26. The van der Waals surface area contributed by atoms with Gasteiger partial charge in [0.15, 0.2) is 11.5 Å². The molecule has 0 saturated heterocycles. The molecule has 112 valence electrons. The predicted octanol–water partition coefficient (Wildman–Crippen LogP) is 2.98. The van der Waals surface area contributed by atoms with Gasteiger partial charge in [-0.3, -0.25) is 0 Å². The Morgan fingerprint density at radius 2 is 1.86 bits per heavy atom. The number of carboxylic acid groups (broad SMARTS) is 1. The summed E-state index contributed by atoms with van der Waals surface area (Å²) in [5.74, 6) is -1.03. The zero-order valence-corrected chi connectivity index (χ0v) is 12.7. The average molecular weight is 288 g/mol. The van der Waals surface area contributed by atoms with Gasteiger partial charge in [-0.1, -0.05) is 32.0 Å². The second kappa shape index (κ2) is 7.50. The highest BCUT2D eigenvalue weighted by atomic mass is 16.4. The number of aryl methyl sites for hydroxylation is 1. The Morgan fingerprint density at radius 1 is 1.19 bits per heavy atom. The van der Waals surface area contributed by atoms with Gasteiger partial charge < -0.3 is 10.2 Å². The number of hydrogen-bond acceptors (Lipinski definition) is 4. The van der Waals surface area contributed by atoms with E-state index >= 15 is 0 Å². The van der Waals surface area contributed by atoms with Gasteiger partial charge in [0.2, 0.25) is 0 Å². The Hall–Kier alpha value is -2.27. The molecule has 0 fully saturated rings. The molecule has 21 heavy (non-hydrogen) atoms. The molecule has 0 radical (unpaired) electrons. The Bertz CT molecular complexity index is 639. The van der Waals surface area contributed by atoms with Gasteiger partial charge in [0.25, 0.3) is 0 Å². The van der Waals surface area contributed by atoms with Crippen LogP contribution in [0, 0.1) is 13.8 Å². The highest BCUT2D eigenvalue weighted by Gasteiger charge is 2.17. The van der Waals surface area contributed by atoms with Crippen LogP contribution in [-0.2, 0) is 6.61 Å². The lowest BCUT2D eigenvalue weighted by atomic mass is 9.97. The van der Waals surface area contributed by atoms with Crippen LogP contribution in [0.2, 0.25) is 0 Å². The molecule has 2 N–H and O–H groups in total. The van der Waals surface area contributed by atoms with Crippen molar-refractivity contribution in [1.29, 1.82) is 0 Å². The van der Waals surface area contributed by atoms with Crippen molar-refractivity contribution in [2.45, 2.75) is 34.3 Å². The van der Waals surface area contributed by atoms with Crippen molar-refractivity contribution in [3.63, 3.8) is 0 Å². The van der Waals surface area contributed by atoms with Crippen LogP contribution in [0.25, 0.3) is 11.1 Å². The molecule has 1 aromatic carbocycles. The minimum Gasteiger partial charge on any atom is -0.476 e. The van der Waals surface area contributed by atoms with Crippen LogP contribution in [0.15, 0.2) is 24.4 Å². The third kappa shape index (κ3) is 3.64. The van der Waals surface area contributed by atoms with E-state index in [0.29, 0.717) is 5.56 Å². The number of rotatable bonds is 3. The Labute approximate surface area is 124 Å². The molecule has 0 aliphatic carbocycles. The van der Waals surface area contributed by atoms with E-state index < -0.39 is 5.97 Å². The average Bonchev–Trinajstić information content (AvgIpc) is 2.51. The third-order valence-corrected chi connectivity index (χ3v) is 3.08. The molecule has 5 heteroatoms. The SMILES string of the molecule is CC.Cc1cccc(-c2cnc(CO)nc2C(=O)O)c1C. The monoisotopic (exact) mass is 288 g/mol. The lowest BCUT2D eigenvalue weighted by molar-refractivity contribution is 0.0690. The molecular formula is C16H20N2O3. The first kappa shape index (κ1) is 16.8. The number of aromatic nitrogens is 2. The minimum atomic E-state index is -1.13. The molecular weight excluding hydrogens is 268 g/mol. The van der Waals surface area contributed by atoms with Gasteiger partial charge in [0, 0.05) is 11.8 Å². The van der Waals surface area contributed by atoms with Crippen LogP contribution >= 0.6 is 0 Å². The van der Waals surface area contributed by atoms with Crippen molar-refractivity contribution in [3.05, 3.63) is 47.0 Å². The van der Waals surface area contributed by atoms with Crippen LogP contribution in [0.5, 0.6) is 0 Å². The number of benzene rings is 1. The zero-order valence-electron chi connectivity index (χ0n) is 12.7. The molecule has 1 aromatic heterocycles. The maximum Gasteiger partial charge on any atom is 0.355 e. The van der Waals surface area contributed by atoms with Crippen molar-refractivity contribution in [3.8, 4) is 11.1 Å². The summed E-state index contributed by atoms with van der Waals surface area (Å²) in [6.07, 6.45) is 1.45. The van der Waals surface area contributed by atoms with E-state index in [1.165, 1.54) is 6.20 Å². The second-order valence-electron chi connectivity index (χ2n) is 4.26. The molecule has 0 unspecified atom stereocenters. The normalized spacial score (nSPS) is 9.76. The number of hydrogen-bond donors (Lipinski definition) is 2. The molecule has 0 aliphatic rings. The largest absolute Gasteiger partial charge is 0.476 e. The molecule has 0 aliphatic heterocycles. The number of carboxylic acids is 1. The highest BCUT2D eigenvalue weighted by Crippen LogP contribution is 2.27. The van der Waals surface area contributed by atoms with Crippen molar-refractivity contribution < 1.29 is 15.0 Å². The van der Waals surface area contributed by atoms with Crippen molar-refractivity contribution in [1.82, 2.24) is 9.97 Å². The van der Waals surface area contributed by atoms with Gasteiger partial charge >= 0.3 is 5.97 Å². The molecule has 1 heterocycles. The topological polar surface area (TPSA) is 83.3 Å².